The molecule has 1 aliphatic rings. The molecule has 2 amide bonds. The largest absolute Gasteiger partial charge is 0.468 e. The van der Waals surface area contributed by atoms with Gasteiger partial charge < -0.3 is 19.4 Å². The van der Waals surface area contributed by atoms with Crippen LogP contribution in [0.25, 0.3) is 10.2 Å². The number of thiophene rings is 1. The number of benzene rings is 1. The van der Waals surface area contributed by atoms with Crippen LogP contribution in [-0.2, 0) is 43.2 Å². The summed E-state index contributed by atoms with van der Waals surface area (Å²) in [5, 5.41) is 3.27. The van der Waals surface area contributed by atoms with Crippen LogP contribution in [0.3, 0.4) is 0 Å². The van der Waals surface area contributed by atoms with Crippen molar-refractivity contribution in [3.63, 3.8) is 0 Å². The van der Waals surface area contributed by atoms with Crippen LogP contribution in [-0.4, -0.2) is 53.5 Å². The number of esters is 2. The number of carbonyl (C=O) groups excluding carboxylic acids is 4. The molecule has 4 rings (SSSR count). The van der Waals surface area contributed by atoms with Gasteiger partial charge in [0.2, 0.25) is 5.91 Å². The number of halogens is 1. The second-order valence-corrected chi connectivity index (χ2v) is 11.1. The molecular weight excluding hydrogens is 541 g/mol. The quantitative estimate of drug-likeness (QED) is 0.395. The number of aromatic nitrogens is 1. The number of fused-ring (bicyclic) bond motifs is 2. The number of thioether (sulfide) groups is 1. The van der Waals surface area contributed by atoms with E-state index in [-0.39, 0.29) is 35.4 Å². The topological polar surface area (TPSA) is 116 Å². The Hall–Kier alpha value is -3.03. The molecule has 0 bridgehead atoms. The van der Waals surface area contributed by atoms with Gasteiger partial charge in [0.05, 0.1) is 41.0 Å². The van der Waals surface area contributed by atoms with E-state index in [4.69, 9.17) is 9.47 Å². The molecule has 0 unspecified atom stereocenters. The first-order valence-electron chi connectivity index (χ1n) is 11.4. The van der Waals surface area contributed by atoms with E-state index >= 15 is 0 Å². The summed E-state index contributed by atoms with van der Waals surface area (Å²) in [6.07, 6.45) is 2.62. The molecule has 2 aromatic heterocycles. The normalized spacial score (nSPS) is 13.0. The number of thiazole rings is 1. The molecule has 196 valence electrons. The highest BCUT2D eigenvalue weighted by Gasteiger charge is 2.28. The summed E-state index contributed by atoms with van der Waals surface area (Å²) in [7, 11) is 1.25. The van der Waals surface area contributed by atoms with Crippen LogP contribution in [0.1, 0.15) is 34.1 Å². The van der Waals surface area contributed by atoms with Crippen molar-refractivity contribution in [3.05, 3.63) is 44.8 Å². The Bertz CT molecular complexity index is 1440. The first-order valence-corrected chi connectivity index (χ1v) is 14.2. The van der Waals surface area contributed by atoms with Crippen molar-refractivity contribution in [1.82, 2.24) is 4.57 Å². The van der Waals surface area contributed by atoms with Gasteiger partial charge in [0.15, 0.2) is 4.80 Å². The van der Waals surface area contributed by atoms with E-state index in [1.807, 2.05) is 0 Å². The molecule has 3 aromatic rings. The van der Waals surface area contributed by atoms with Crippen molar-refractivity contribution < 1.29 is 33.0 Å². The maximum Gasteiger partial charge on any atom is 0.341 e. The zero-order chi connectivity index (χ0) is 26.5. The second-order valence-electron chi connectivity index (χ2n) is 7.99. The summed E-state index contributed by atoms with van der Waals surface area (Å²) in [6, 6.07) is 4.08. The Morgan fingerprint density at radius 3 is 2.76 bits per heavy atom. The van der Waals surface area contributed by atoms with E-state index in [0.717, 1.165) is 52.8 Å². The molecule has 0 fully saturated rings. The molecular formula is C24H24FN3O6S3. The highest BCUT2D eigenvalue weighted by atomic mass is 32.2. The van der Waals surface area contributed by atoms with Gasteiger partial charge >= 0.3 is 11.9 Å². The third-order valence-electron chi connectivity index (χ3n) is 5.49. The number of nitrogens with zero attached hydrogens (tertiary/aromatic N) is 2. The van der Waals surface area contributed by atoms with E-state index < -0.39 is 23.7 Å². The van der Waals surface area contributed by atoms with Crippen molar-refractivity contribution in [2.24, 2.45) is 4.99 Å². The summed E-state index contributed by atoms with van der Waals surface area (Å²) in [5.41, 5.74) is 1.93. The van der Waals surface area contributed by atoms with Gasteiger partial charge in [-0.3, -0.25) is 14.4 Å². The number of rotatable bonds is 9. The number of anilines is 1. The van der Waals surface area contributed by atoms with Gasteiger partial charge in [-0.05, 0) is 49.9 Å². The van der Waals surface area contributed by atoms with Crippen LogP contribution in [0.2, 0.25) is 0 Å². The highest BCUT2D eigenvalue weighted by molar-refractivity contribution is 8.00. The molecule has 0 saturated carbocycles. The molecule has 1 aliphatic carbocycles. The SMILES string of the molecule is CCOC(=O)c1c(NC(=O)CSCC(=O)N=c2sc3cc(F)ccc3n2CC(=O)OC)sc2c1CCC2. The minimum atomic E-state index is -0.536. The van der Waals surface area contributed by atoms with E-state index in [1.165, 1.54) is 41.2 Å². The number of hydrogen-bond acceptors (Lipinski definition) is 9. The fourth-order valence-corrected chi connectivity index (χ4v) is 6.89. The monoisotopic (exact) mass is 565 g/mol. The van der Waals surface area contributed by atoms with Crippen LogP contribution >= 0.6 is 34.4 Å². The van der Waals surface area contributed by atoms with Crippen LogP contribution in [0.15, 0.2) is 23.2 Å². The number of nitrogens with one attached hydrogen (secondary N) is 1. The molecule has 0 aliphatic heterocycles. The fourth-order valence-electron chi connectivity index (χ4n) is 3.92. The van der Waals surface area contributed by atoms with Crippen LogP contribution in [0, 0.1) is 5.82 Å². The Morgan fingerprint density at radius 2 is 2.00 bits per heavy atom. The molecule has 0 spiro atoms. The lowest BCUT2D eigenvalue weighted by Gasteiger charge is -2.07. The summed E-state index contributed by atoms with van der Waals surface area (Å²) < 4.78 is 25.6. The Kier molecular flexibility index (Phi) is 8.77. The summed E-state index contributed by atoms with van der Waals surface area (Å²) in [6.45, 7) is 1.79. The highest BCUT2D eigenvalue weighted by Crippen LogP contribution is 2.39. The summed E-state index contributed by atoms with van der Waals surface area (Å²) in [4.78, 5) is 54.8. The lowest BCUT2D eigenvalue weighted by Crippen LogP contribution is -2.23. The average molecular weight is 566 g/mol. The first kappa shape index (κ1) is 27.0. The Labute approximate surface area is 223 Å². The van der Waals surface area contributed by atoms with Gasteiger partial charge in [0.25, 0.3) is 5.91 Å². The van der Waals surface area contributed by atoms with Crippen molar-refractivity contribution in [3.8, 4) is 0 Å². The van der Waals surface area contributed by atoms with Crippen molar-refractivity contribution in [1.29, 1.82) is 0 Å². The maximum absolute atomic E-state index is 13.7. The van der Waals surface area contributed by atoms with E-state index in [2.05, 4.69) is 10.3 Å². The van der Waals surface area contributed by atoms with Crippen LogP contribution in [0.4, 0.5) is 9.39 Å². The van der Waals surface area contributed by atoms with Gasteiger partial charge in [-0.25, -0.2) is 9.18 Å². The molecule has 1 aromatic carbocycles. The molecule has 0 saturated heterocycles. The lowest BCUT2D eigenvalue weighted by atomic mass is 10.1. The third-order valence-corrected chi connectivity index (χ3v) is 8.66. The van der Waals surface area contributed by atoms with Gasteiger partial charge in [0.1, 0.15) is 17.4 Å². The Morgan fingerprint density at radius 1 is 1.19 bits per heavy atom. The molecule has 2 heterocycles. The van der Waals surface area contributed by atoms with Crippen LogP contribution < -0.4 is 10.1 Å². The molecule has 0 atom stereocenters. The van der Waals surface area contributed by atoms with E-state index in [9.17, 15) is 23.6 Å². The Balaban J connectivity index is 1.42. The predicted molar refractivity (Wildman–Crippen MR) is 141 cm³/mol. The molecule has 9 nitrogen and oxygen atoms in total. The minimum Gasteiger partial charge on any atom is -0.468 e. The zero-order valence-corrected chi connectivity index (χ0v) is 22.6. The van der Waals surface area contributed by atoms with E-state index in [0.29, 0.717) is 20.8 Å². The number of hydrogen-bond donors (Lipinski definition) is 1. The van der Waals surface area contributed by atoms with Gasteiger partial charge in [-0.2, -0.15) is 4.99 Å². The smallest absolute Gasteiger partial charge is 0.341 e. The maximum atomic E-state index is 13.7. The van der Waals surface area contributed by atoms with Crippen molar-refractivity contribution >= 4 is 73.4 Å². The number of ether oxygens (including phenoxy) is 2. The fraction of sp³-hybridized carbons (Fsp3) is 0.375. The zero-order valence-electron chi connectivity index (χ0n) is 20.1. The van der Waals surface area contributed by atoms with Crippen molar-refractivity contribution in [2.45, 2.75) is 32.7 Å². The molecule has 13 heteroatoms. The number of amides is 2. The van der Waals surface area contributed by atoms with Crippen LogP contribution in [0.5, 0.6) is 0 Å². The summed E-state index contributed by atoms with van der Waals surface area (Å²) >= 11 is 3.54. The predicted octanol–water partition coefficient (Wildman–Crippen LogP) is 3.54. The first-order chi connectivity index (χ1) is 17.8. The second kappa shape index (κ2) is 12.0. The summed E-state index contributed by atoms with van der Waals surface area (Å²) in [5.74, 6) is -2.38. The molecule has 37 heavy (non-hydrogen) atoms. The standard InChI is InChI=1S/C24H24FN3O6S3/c1-3-34-23(32)21-14-5-4-6-16(14)36-22(21)26-18(29)11-35-12-19(30)27-24-28(10-20(31)33-2)15-8-7-13(25)9-17(15)37-24/h7-9H,3-6,10-12H2,1-2H3,(H,26,29). The minimum absolute atomic E-state index is 0.0219. The number of methoxy groups -OCH3 is 1. The third kappa shape index (κ3) is 6.28. The average Bonchev–Trinajstić information content (AvgIpc) is 3.52. The van der Waals surface area contributed by atoms with Gasteiger partial charge in [0, 0.05) is 4.88 Å². The van der Waals surface area contributed by atoms with Crippen molar-refractivity contribution in [2.75, 3.05) is 30.5 Å². The van der Waals surface area contributed by atoms with E-state index in [1.54, 1.807) is 6.92 Å². The molecule has 1 N–H and O–H groups in total. The lowest BCUT2D eigenvalue weighted by molar-refractivity contribution is -0.141. The number of aryl methyl sites for hydroxylation is 1. The van der Waals surface area contributed by atoms with Gasteiger partial charge in [-0.15, -0.1) is 23.1 Å². The number of carbonyl (C=O) groups is 4. The van der Waals surface area contributed by atoms with Gasteiger partial charge in [-0.1, -0.05) is 11.3 Å². The molecule has 0 radical (unpaired) electrons.